The van der Waals surface area contributed by atoms with E-state index in [1.165, 1.54) is 0 Å². The zero-order valence-corrected chi connectivity index (χ0v) is 8.21. The number of nitrogens with zero attached hydrogens (tertiary/aromatic N) is 1. The maximum atomic E-state index is 11.2. The van der Waals surface area contributed by atoms with Crippen LogP contribution in [0, 0.1) is 0 Å². The molecule has 3 N–H and O–H groups in total. The number of carbonyl (C=O) groups is 4. The van der Waals surface area contributed by atoms with Crippen molar-refractivity contribution >= 4 is 23.8 Å². The lowest BCUT2D eigenvalue weighted by Crippen LogP contribution is -2.41. The summed E-state index contributed by atoms with van der Waals surface area (Å²) in [6.45, 7) is 0. The molecule has 0 aliphatic carbocycles. The summed E-state index contributed by atoms with van der Waals surface area (Å²) in [4.78, 5) is 47.9. The molecule has 1 saturated heterocycles. The number of carboxylic acid groups (broad SMARTS) is 1. The second-order valence-corrected chi connectivity index (χ2v) is 3.20. The highest BCUT2D eigenvalue weighted by molar-refractivity contribution is 6.01. The molecule has 0 aromatic heterocycles. The SMILES string of the molecule is N[C@@H](CC(=O)O)C(=O)ON1C(=O)CCC1=O. The van der Waals surface area contributed by atoms with Gasteiger partial charge in [-0.25, -0.2) is 4.79 Å². The fourth-order valence-corrected chi connectivity index (χ4v) is 1.09. The van der Waals surface area contributed by atoms with Crippen LogP contribution in [0.15, 0.2) is 0 Å². The first-order chi connectivity index (χ1) is 7.41. The lowest BCUT2D eigenvalue weighted by molar-refractivity contribution is -0.198. The van der Waals surface area contributed by atoms with Gasteiger partial charge in [-0.2, -0.15) is 0 Å². The van der Waals surface area contributed by atoms with Crippen molar-refractivity contribution in [3.63, 3.8) is 0 Å². The van der Waals surface area contributed by atoms with E-state index in [-0.39, 0.29) is 12.8 Å². The first-order valence-corrected chi connectivity index (χ1v) is 4.46. The highest BCUT2D eigenvalue weighted by Gasteiger charge is 2.34. The van der Waals surface area contributed by atoms with Crippen LogP contribution < -0.4 is 5.73 Å². The fraction of sp³-hybridized carbons (Fsp3) is 0.500. The molecule has 0 saturated carbocycles. The number of rotatable bonds is 4. The summed E-state index contributed by atoms with van der Waals surface area (Å²) in [5, 5.41) is 8.69. The summed E-state index contributed by atoms with van der Waals surface area (Å²) in [5.41, 5.74) is 5.18. The van der Waals surface area contributed by atoms with E-state index < -0.39 is 36.2 Å². The average Bonchev–Trinajstić information content (AvgIpc) is 2.48. The number of hydrogen-bond donors (Lipinski definition) is 2. The minimum Gasteiger partial charge on any atom is -0.481 e. The van der Waals surface area contributed by atoms with Crippen LogP contribution in [-0.2, 0) is 24.0 Å². The fourth-order valence-electron chi connectivity index (χ4n) is 1.09. The molecule has 0 aromatic carbocycles. The summed E-state index contributed by atoms with van der Waals surface area (Å²) in [7, 11) is 0. The largest absolute Gasteiger partial charge is 0.481 e. The van der Waals surface area contributed by atoms with Gasteiger partial charge in [0.2, 0.25) is 0 Å². The topological polar surface area (TPSA) is 127 Å². The van der Waals surface area contributed by atoms with Crippen molar-refractivity contribution in [2.75, 3.05) is 0 Å². The smallest absolute Gasteiger partial charge is 0.350 e. The predicted octanol–water partition coefficient (Wildman–Crippen LogP) is -1.60. The minimum absolute atomic E-state index is 0.0275. The molecule has 1 heterocycles. The molecular formula is C8H10N2O6. The highest BCUT2D eigenvalue weighted by Crippen LogP contribution is 2.12. The summed E-state index contributed by atoms with van der Waals surface area (Å²) in [5.74, 6) is -3.67. The van der Waals surface area contributed by atoms with Gasteiger partial charge in [-0.1, -0.05) is 0 Å². The Bertz CT molecular complexity index is 336. The quantitative estimate of drug-likeness (QED) is 0.556. The van der Waals surface area contributed by atoms with Gasteiger partial charge in [-0.3, -0.25) is 14.4 Å². The van der Waals surface area contributed by atoms with Crippen molar-refractivity contribution in [3.8, 4) is 0 Å². The Labute approximate surface area is 89.9 Å². The van der Waals surface area contributed by atoms with Crippen LogP contribution in [0.4, 0.5) is 0 Å². The number of hydrogen-bond acceptors (Lipinski definition) is 6. The van der Waals surface area contributed by atoms with Gasteiger partial charge in [0.25, 0.3) is 11.8 Å². The first kappa shape index (κ1) is 12.1. The summed E-state index contributed by atoms with van der Waals surface area (Å²) < 4.78 is 0. The van der Waals surface area contributed by atoms with E-state index in [2.05, 4.69) is 4.84 Å². The standard InChI is InChI=1S/C8H10N2O6/c9-4(3-7(13)14)8(15)16-10-5(11)1-2-6(10)12/h4H,1-3,9H2,(H,13,14)/t4-/m0/s1. The van der Waals surface area contributed by atoms with E-state index >= 15 is 0 Å². The third-order valence-corrected chi connectivity index (χ3v) is 1.88. The van der Waals surface area contributed by atoms with Gasteiger partial charge in [0, 0.05) is 12.8 Å². The van der Waals surface area contributed by atoms with Gasteiger partial charge in [-0.05, 0) is 0 Å². The molecule has 0 aromatic rings. The number of hydroxylamine groups is 2. The number of aliphatic carboxylic acids is 1. The zero-order valence-electron chi connectivity index (χ0n) is 8.21. The monoisotopic (exact) mass is 230 g/mol. The maximum Gasteiger partial charge on any atom is 0.350 e. The lowest BCUT2D eigenvalue weighted by Gasteiger charge is -2.14. The van der Waals surface area contributed by atoms with Crippen LogP contribution in [0.3, 0.4) is 0 Å². The summed E-state index contributed by atoms with van der Waals surface area (Å²) in [6, 6.07) is -1.40. The number of imide groups is 1. The summed E-state index contributed by atoms with van der Waals surface area (Å²) in [6.07, 6.45) is -0.685. The Balaban J connectivity index is 2.53. The molecule has 88 valence electrons. The van der Waals surface area contributed by atoms with Crippen LogP contribution in [-0.4, -0.2) is 40.0 Å². The predicted molar refractivity (Wildman–Crippen MR) is 47.4 cm³/mol. The second-order valence-electron chi connectivity index (χ2n) is 3.20. The normalized spacial score (nSPS) is 17.4. The van der Waals surface area contributed by atoms with Gasteiger partial charge >= 0.3 is 11.9 Å². The minimum atomic E-state index is -1.40. The third kappa shape index (κ3) is 2.76. The van der Waals surface area contributed by atoms with Crippen LogP contribution in [0.2, 0.25) is 0 Å². The Hall–Kier alpha value is -1.96. The van der Waals surface area contributed by atoms with Gasteiger partial charge in [0.15, 0.2) is 0 Å². The van der Waals surface area contributed by atoms with E-state index in [1.807, 2.05) is 0 Å². The highest BCUT2D eigenvalue weighted by atomic mass is 16.7. The zero-order chi connectivity index (χ0) is 12.3. The van der Waals surface area contributed by atoms with E-state index in [1.54, 1.807) is 0 Å². The van der Waals surface area contributed by atoms with Crippen molar-refractivity contribution in [2.24, 2.45) is 5.73 Å². The lowest BCUT2D eigenvalue weighted by atomic mass is 10.2. The Morgan fingerprint density at radius 2 is 1.88 bits per heavy atom. The van der Waals surface area contributed by atoms with Crippen LogP contribution in [0.1, 0.15) is 19.3 Å². The van der Waals surface area contributed by atoms with Crippen molar-refractivity contribution < 1.29 is 29.1 Å². The molecule has 0 unspecified atom stereocenters. The number of nitrogens with two attached hydrogens (primary N) is 1. The van der Waals surface area contributed by atoms with E-state index in [0.717, 1.165) is 0 Å². The van der Waals surface area contributed by atoms with Gasteiger partial charge < -0.3 is 15.7 Å². The molecule has 1 atom stereocenters. The molecule has 16 heavy (non-hydrogen) atoms. The van der Waals surface area contributed by atoms with E-state index in [0.29, 0.717) is 5.06 Å². The van der Waals surface area contributed by atoms with Gasteiger partial charge in [0.05, 0.1) is 6.42 Å². The van der Waals surface area contributed by atoms with Crippen molar-refractivity contribution in [1.29, 1.82) is 0 Å². The number of amides is 2. The number of carboxylic acids is 1. The molecule has 0 radical (unpaired) electrons. The molecular weight excluding hydrogens is 220 g/mol. The van der Waals surface area contributed by atoms with Gasteiger partial charge in [-0.15, -0.1) is 5.06 Å². The van der Waals surface area contributed by atoms with Gasteiger partial charge in [0.1, 0.15) is 6.04 Å². The molecule has 1 aliphatic heterocycles. The first-order valence-electron chi connectivity index (χ1n) is 4.46. The maximum absolute atomic E-state index is 11.2. The average molecular weight is 230 g/mol. The van der Waals surface area contributed by atoms with Crippen LogP contribution >= 0.6 is 0 Å². The second kappa shape index (κ2) is 4.71. The molecule has 1 rings (SSSR count). The molecule has 1 aliphatic rings. The molecule has 8 heteroatoms. The molecule has 1 fully saturated rings. The molecule has 0 spiro atoms. The molecule has 8 nitrogen and oxygen atoms in total. The van der Waals surface area contributed by atoms with Crippen LogP contribution in [0.5, 0.6) is 0 Å². The third-order valence-electron chi connectivity index (χ3n) is 1.88. The van der Waals surface area contributed by atoms with E-state index in [4.69, 9.17) is 10.8 Å². The van der Waals surface area contributed by atoms with Crippen molar-refractivity contribution in [1.82, 2.24) is 5.06 Å². The van der Waals surface area contributed by atoms with Crippen molar-refractivity contribution in [3.05, 3.63) is 0 Å². The summed E-state index contributed by atoms with van der Waals surface area (Å²) >= 11 is 0. The Morgan fingerprint density at radius 1 is 1.38 bits per heavy atom. The van der Waals surface area contributed by atoms with Crippen LogP contribution in [0.25, 0.3) is 0 Å². The number of carbonyl (C=O) groups excluding carboxylic acids is 3. The molecule has 2 amide bonds. The van der Waals surface area contributed by atoms with Crippen molar-refractivity contribution in [2.45, 2.75) is 25.3 Å². The Morgan fingerprint density at radius 3 is 2.31 bits per heavy atom. The Kier molecular flexibility index (Phi) is 3.56. The molecule has 0 bridgehead atoms. The van der Waals surface area contributed by atoms with E-state index in [9.17, 15) is 19.2 Å².